The van der Waals surface area contributed by atoms with Crippen molar-refractivity contribution < 1.29 is 9.90 Å². The molecule has 0 rings (SSSR count). The van der Waals surface area contributed by atoms with Crippen LogP contribution < -0.4 is 5.32 Å². The zero-order valence-electron chi connectivity index (χ0n) is 10.4. The van der Waals surface area contributed by atoms with Crippen LogP contribution in [0, 0.1) is 11.8 Å². The maximum Gasteiger partial charge on any atom is 0.222 e. The van der Waals surface area contributed by atoms with Gasteiger partial charge in [-0.25, -0.2) is 0 Å². The molecule has 0 spiro atoms. The lowest BCUT2D eigenvalue weighted by atomic mass is 9.98. The molecule has 0 heterocycles. The first-order valence-corrected chi connectivity index (χ1v) is 5.98. The van der Waals surface area contributed by atoms with Crippen molar-refractivity contribution in [2.24, 2.45) is 11.8 Å². The Labute approximate surface area is 93.3 Å². The van der Waals surface area contributed by atoms with Crippen molar-refractivity contribution in [1.29, 1.82) is 0 Å². The molecule has 15 heavy (non-hydrogen) atoms. The van der Waals surface area contributed by atoms with Gasteiger partial charge in [0.05, 0.1) is 6.10 Å². The van der Waals surface area contributed by atoms with Crippen LogP contribution in [0.4, 0.5) is 0 Å². The summed E-state index contributed by atoms with van der Waals surface area (Å²) in [5.74, 6) is 0.350. The van der Waals surface area contributed by atoms with Crippen molar-refractivity contribution in [1.82, 2.24) is 5.32 Å². The second-order valence-corrected chi connectivity index (χ2v) is 4.34. The van der Waals surface area contributed by atoms with Crippen LogP contribution in [0.25, 0.3) is 0 Å². The summed E-state index contributed by atoms with van der Waals surface area (Å²) in [6.07, 6.45) is 2.51. The molecular formula is C12H25NO2. The highest BCUT2D eigenvalue weighted by Gasteiger charge is 2.16. The van der Waals surface area contributed by atoms with E-state index in [9.17, 15) is 9.90 Å². The maximum atomic E-state index is 11.5. The van der Waals surface area contributed by atoms with Gasteiger partial charge in [0.1, 0.15) is 0 Å². The van der Waals surface area contributed by atoms with E-state index in [1.165, 1.54) is 0 Å². The molecule has 0 aliphatic rings. The number of aliphatic hydroxyl groups excluding tert-OH is 1. The normalized spacial score (nSPS) is 16.9. The second-order valence-electron chi connectivity index (χ2n) is 4.34. The summed E-state index contributed by atoms with van der Waals surface area (Å²) in [4.78, 5) is 11.5. The molecule has 0 radical (unpaired) electrons. The Morgan fingerprint density at radius 2 is 1.93 bits per heavy atom. The van der Waals surface area contributed by atoms with E-state index in [0.717, 1.165) is 19.3 Å². The molecule has 1 amide bonds. The zero-order valence-corrected chi connectivity index (χ0v) is 10.4. The molecule has 90 valence electrons. The molecule has 0 saturated heterocycles. The fraction of sp³-hybridized carbons (Fsp3) is 0.917. The quantitative estimate of drug-likeness (QED) is 0.682. The van der Waals surface area contributed by atoms with Crippen LogP contribution in [0.2, 0.25) is 0 Å². The number of carbonyl (C=O) groups excluding carboxylic acids is 1. The molecule has 2 N–H and O–H groups in total. The monoisotopic (exact) mass is 215 g/mol. The Hall–Kier alpha value is -0.570. The Morgan fingerprint density at radius 1 is 1.33 bits per heavy atom. The highest BCUT2D eigenvalue weighted by atomic mass is 16.3. The van der Waals surface area contributed by atoms with E-state index >= 15 is 0 Å². The summed E-state index contributed by atoms with van der Waals surface area (Å²) in [7, 11) is 0. The number of nitrogens with one attached hydrogen (secondary N) is 1. The minimum atomic E-state index is -0.345. The van der Waals surface area contributed by atoms with E-state index in [0.29, 0.717) is 6.54 Å². The summed E-state index contributed by atoms with van der Waals surface area (Å²) >= 11 is 0. The van der Waals surface area contributed by atoms with Gasteiger partial charge in [0, 0.05) is 18.4 Å². The number of amides is 1. The van der Waals surface area contributed by atoms with Crippen molar-refractivity contribution in [3.63, 3.8) is 0 Å². The summed E-state index contributed by atoms with van der Waals surface area (Å²) in [5.41, 5.74) is 0. The number of hydrogen-bond acceptors (Lipinski definition) is 2. The smallest absolute Gasteiger partial charge is 0.222 e. The predicted molar refractivity (Wildman–Crippen MR) is 62.5 cm³/mol. The molecule has 3 atom stereocenters. The van der Waals surface area contributed by atoms with Gasteiger partial charge in [0.2, 0.25) is 5.91 Å². The molecular weight excluding hydrogens is 190 g/mol. The second kappa shape index (κ2) is 7.69. The lowest BCUT2D eigenvalue weighted by Gasteiger charge is -2.20. The van der Waals surface area contributed by atoms with Gasteiger partial charge in [-0.3, -0.25) is 4.79 Å². The lowest BCUT2D eigenvalue weighted by molar-refractivity contribution is -0.124. The van der Waals surface area contributed by atoms with E-state index in [1.807, 2.05) is 13.8 Å². The largest absolute Gasteiger partial charge is 0.393 e. The molecule has 0 aromatic rings. The molecule has 0 aromatic heterocycles. The van der Waals surface area contributed by atoms with Crippen LogP contribution in [0.15, 0.2) is 0 Å². The molecule has 0 aromatic carbocycles. The minimum Gasteiger partial charge on any atom is -0.393 e. The van der Waals surface area contributed by atoms with Gasteiger partial charge in [0.25, 0.3) is 0 Å². The summed E-state index contributed by atoms with van der Waals surface area (Å²) < 4.78 is 0. The van der Waals surface area contributed by atoms with Gasteiger partial charge >= 0.3 is 0 Å². The highest BCUT2D eigenvalue weighted by Crippen LogP contribution is 2.10. The Bertz CT molecular complexity index is 180. The first-order valence-electron chi connectivity index (χ1n) is 5.98. The third-order valence-corrected chi connectivity index (χ3v) is 2.94. The molecule has 3 heteroatoms. The first-order chi connectivity index (χ1) is 7.02. The average Bonchev–Trinajstić information content (AvgIpc) is 2.21. The predicted octanol–water partition coefficient (Wildman–Crippen LogP) is 1.95. The highest BCUT2D eigenvalue weighted by molar-refractivity contribution is 5.78. The molecule has 0 aliphatic carbocycles. The lowest BCUT2D eigenvalue weighted by Crippen LogP contribution is -2.36. The van der Waals surface area contributed by atoms with Crippen molar-refractivity contribution >= 4 is 5.91 Å². The fourth-order valence-electron chi connectivity index (χ4n) is 1.48. The first kappa shape index (κ1) is 14.4. The summed E-state index contributed by atoms with van der Waals surface area (Å²) in [6.45, 7) is 8.39. The van der Waals surface area contributed by atoms with E-state index in [2.05, 4.69) is 12.2 Å². The van der Waals surface area contributed by atoms with Gasteiger partial charge in [0.15, 0.2) is 0 Å². The van der Waals surface area contributed by atoms with Crippen molar-refractivity contribution in [2.45, 2.75) is 53.1 Å². The minimum absolute atomic E-state index is 0.0706. The molecule has 3 unspecified atom stereocenters. The summed E-state index contributed by atoms with van der Waals surface area (Å²) in [5, 5.41) is 12.4. The fourth-order valence-corrected chi connectivity index (χ4v) is 1.48. The molecule has 3 nitrogen and oxygen atoms in total. The third-order valence-electron chi connectivity index (χ3n) is 2.94. The molecule has 0 fully saturated rings. The average molecular weight is 215 g/mol. The van der Waals surface area contributed by atoms with Crippen LogP contribution in [-0.4, -0.2) is 23.7 Å². The summed E-state index contributed by atoms with van der Waals surface area (Å²) in [6, 6.07) is 0. The van der Waals surface area contributed by atoms with Crippen LogP contribution >= 0.6 is 0 Å². The van der Waals surface area contributed by atoms with Crippen LogP contribution in [0.1, 0.15) is 47.0 Å². The van der Waals surface area contributed by atoms with Gasteiger partial charge in [-0.15, -0.1) is 0 Å². The number of rotatable bonds is 7. The van der Waals surface area contributed by atoms with Crippen LogP contribution in [0.3, 0.4) is 0 Å². The van der Waals surface area contributed by atoms with Crippen molar-refractivity contribution in [3.05, 3.63) is 0 Å². The Morgan fingerprint density at radius 3 is 2.33 bits per heavy atom. The van der Waals surface area contributed by atoms with Crippen molar-refractivity contribution in [3.8, 4) is 0 Å². The number of hydrogen-bond donors (Lipinski definition) is 2. The van der Waals surface area contributed by atoms with E-state index in [4.69, 9.17) is 0 Å². The van der Waals surface area contributed by atoms with Gasteiger partial charge in [-0.2, -0.15) is 0 Å². The van der Waals surface area contributed by atoms with Gasteiger partial charge < -0.3 is 10.4 Å². The van der Waals surface area contributed by atoms with Gasteiger partial charge in [-0.1, -0.05) is 27.2 Å². The number of carbonyl (C=O) groups is 1. The molecule has 0 aliphatic heterocycles. The topological polar surface area (TPSA) is 49.3 Å². The maximum absolute atomic E-state index is 11.5. The standard InChI is InChI=1S/C12H25NO2/c1-5-7-11(10(4)14)8-13-12(15)9(3)6-2/h9-11,14H,5-8H2,1-4H3,(H,13,15). The Balaban J connectivity index is 3.93. The van der Waals surface area contributed by atoms with Gasteiger partial charge in [-0.05, 0) is 19.8 Å². The van der Waals surface area contributed by atoms with E-state index in [1.54, 1.807) is 6.92 Å². The number of aliphatic hydroxyl groups is 1. The van der Waals surface area contributed by atoms with E-state index < -0.39 is 0 Å². The molecule has 0 bridgehead atoms. The van der Waals surface area contributed by atoms with Crippen molar-refractivity contribution in [2.75, 3.05) is 6.54 Å². The van der Waals surface area contributed by atoms with E-state index in [-0.39, 0.29) is 23.8 Å². The zero-order chi connectivity index (χ0) is 11.8. The molecule has 0 saturated carbocycles. The SMILES string of the molecule is CCCC(CNC(=O)C(C)CC)C(C)O. The van der Waals surface area contributed by atoms with Crippen LogP contribution in [0.5, 0.6) is 0 Å². The van der Waals surface area contributed by atoms with Crippen LogP contribution in [-0.2, 0) is 4.79 Å². The Kier molecular flexibility index (Phi) is 7.39. The third kappa shape index (κ3) is 5.78.